The van der Waals surface area contributed by atoms with E-state index >= 15 is 0 Å². The van der Waals surface area contributed by atoms with Gasteiger partial charge in [0.1, 0.15) is 5.75 Å². The van der Waals surface area contributed by atoms with E-state index in [0.717, 1.165) is 43.9 Å². The maximum Gasteiger partial charge on any atom is 0.119 e. The van der Waals surface area contributed by atoms with Crippen LogP contribution in [0.5, 0.6) is 5.75 Å². The lowest BCUT2D eigenvalue weighted by molar-refractivity contribution is 0.286. The molecule has 0 unspecified atom stereocenters. The lowest BCUT2D eigenvalue weighted by Gasteiger charge is -2.08. The molecular weight excluding hydrogens is 238 g/mol. The number of hydrogen-bond donors (Lipinski definition) is 2. The molecule has 3 heteroatoms. The lowest BCUT2D eigenvalue weighted by Crippen LogP contribution is -2.02. The molecule has 0 aliphatic rings. The summed E-state index contributed by atoms with van der Waals surface area (Å²) in [5.41, 5.74) is 1.11. The Balaban J connectivity index is 2.16. The van der Waals surface area contributed by atoms with Crippen molar-refractivity contribution in [2.45, 2.75) is 45.4 Å². The van der Waals surface area contributed by atoms with E-state index in [1.165, 1.54) is 19.3 Å². The van der Waals surface area contributed by atoms with Crippen LogP contribution in [0.1, 0.15) is 45.4 Å². The largest absolute Gasteiger partial charge is 0.494 e. The molecule has 0 bridgehead atoms. The third-order valence-corrected chi connectivity index (χ3v) is 3.03. The average Bonchev–Trinajstić information content (AvgIpc) is 2.45. The smallest absolute Gasteiger partial charge is 0.119 e. The molecule has 0 aliphatic carbocycles. The fourth-order valence-electron chi connectivity index (χ4n) is 1.86. The predicted molar refractivity (Wildman–Crippen MR) is 80.9 cm³/mol. The predicted octanol–water partition coefficient (Wildman–Crippen LogP) is 3.83. The van der Waals surface area contributed by atoms with Crippen LogP contribution in [0.15, 0.2) is 24.3 Å². The summed E-state index contributed by atoms with van der Waals surface area (Å²) < 4.78 is 5.69. The third-order valence-electron chi connectivity index (χ3n) is 3.03. The molecule has 3 nitrogen and oxygen atoms in total. The van der Waals surface area contributed by atoms with Gasteiger partial charge in [-0.3, -0.25) is 0 Å². The molecule has 0 saturated carbocycles. The molecule has 0 atom stereocenters. The molecule has 0 aliphatic heterocycles. The zero-order valence-electron chi connectivity index (χ0n) is 12.0. The summed E-state index contributed by atoms with van der Waals surface area (Å²) in [6, 6.07) is 8.10. The summed E-state index contributed by atoms with van der Waals surface area (Å²) in [5, 5.41) is 12.0. The van der Waals surface area contributed by atoms with E-state index in [9.17, 15) is 0 Å². The fourth-order valence-corrected chi connectivity index (χ4v) is 1.86. The quantitative estimate of drug-likeness (QED) is 0.597. The SMILES string of the molecule is CCCCCCOc1ccc(NCCCCO)cc1. The minimum atomic E-state index is 0.270. The number of aliphatic hydroxyl groups excluding tert-OH is 1. The second kappa shape index (κ2) is 10.7. The Morgan fingerprint density at radius 3 is 2.47 bits per heavy atom. The van der Waals surface area contributed by atoms with E-state index in [1.807, 2.05) is 24.3 Å². The molecule has 19 heavy (non-hydrogen) atoms. The van der Waals surface area contributed by atoms with Gasteiger partial charge in [-0.05, 0) is 43.5 Å². The van der Waals surface area contributed by atoms with Gasteiger partial charge >= 0.3 is 0 Å². The Kier molecular flexibility index (Phi) is 8.90. The standard InChI is InChI=1S/C16H27NO2/c1-2-3-4-7-14-19-16-10-8-15(9-11-16)17-12-5-6-13-18/h8-11,17-18H,2-7,12-14H2,1H3. The first-order chi connectivity index (χ1) is 9.36. The third kappa shape index (κ3) is 7.73. The molecule has 1 aromatic rings. The highest BCUT2D eigenvalue weighted by molar-refractivity contribution is 5.46. The molecule has 0 heterocycles. The number of aliphatic hydroxyl groups is 1. The van der Waals surface area contributed by atoms with Crippen LogP contribution in [0.3, 0.4) is 0 Å². The van der Waals surface area contributed by atoms with Gasteiger partial charge in [0.25, 0.3) is 0 Å². The van der Waals surface area contributed by atoms with Gasteiger partial charge in [0.2, 0.25) is 0 Å². The van der Waals surface area contributed by atoms with Gasteiger partial charge in [-0.1, -0.05) is 26.2 Å². The first-order valence-corrected chi connectivity index (χ1v) is 7.44. The number of ether oxygens (including phenoxy) is 1. The van der Waals surface area contributed by atoms with E-state index in [2.05, 4.69) is 12.2 Å². The molecule has 1 aromatic carbocycles. The zero-order valence-corrected chi connectivity index (χ0v) is 12.0. The van der Waals surface area contributed by atoms with Gasteiger partial charge in [0.05, 0.1) is 6.61 Å². The van der Waals surface area contributed by atoms with Crippen LogP contribution in [0.2, 0.25) is 0 Å². The van der Waals surface area contributed by atoms with Crippen molar-refractivity contribution in [2.24, 2.45) is 0 Å². The first kappa shape index (κ1) is 15.8. The van der Waals surface area contributed by atoms with Crippen molar-refractivity contribution in [3.63, 3.8) is 0 Å². The van der Waals surface area contributed by atoms with Crippen molar-refractivity contribution in [3.05, 3.63) is 24.3 Å². The summed E-state index contributed by atoms with van der Waals surface area (Å²) in [6.45, 7) is 4.20. The van der Waals surface area contributed by atoms with Crippen molar-refractivity contribution in [3.8, 4) is 5.75 Å². The lowest BCUT2D eigenvalue weighted by atomic mass is 10.2. The zero-order chi connectivity index (χ0) is 13.8. The maximum atomic E-state index is 8.69. The number of benzene rings is 1. The van der Waals surface area contributed by atoms with Crippen LogP contribution in [0, 0.1) is 0 Å². The molecule has 2 N–H and O–H groups in total. The van der Waals surface area contributed by atoms with E-state index < -0.39 is 0 Å². The number of nitrogens with one attached hydrogen (secondary N) is 1. The van der Waals surface area contributed by atoms with E-state index in [0.29, 0.717) is 0 Å². The average molecular weight is 265 g/mol. The summed E-state index contributed by atoms with van der Waals surface area (Å²) >= 11 is 0. The van der Waals surface area contributed by atoms with Crippen LogP contribution >= 0.6 is 0 Å². The molecule has 0 aromatic heterocycles. The normalized spacial score (nSPS) is 10.4. The van der Waals surface area contributed by atoms with Crippen LogP contribution < -0.4 is 10.1 Å². The molecule has 0 saturated heterocycles. The van der Waals surface area contributed by atoms with Crippen LogP contribution in [-0.4, -0.2) is 24.9 Å². The van der Waals surface area contributed by atoms with E-state index in [4.69, 9.17) is 9.84 Å². The number of hydrogen-bond acceptors (Lipinski definition) is 3. The van der Waals surface area contributed by atoms with Gasteiger partial charge in [-0.25, -0.2) is 0 Å². The van der Waals surface area contributed by atoms with Gasteiger partial charge in [-0.2, -0.15) is 0 Å². The maximum absolute atomic E-state index is 8.69. The number of rotatable bonds is 11. The minimum Gasteiger partial charge on any atom is -0.494 e. The fraction of sp³-hybridized carbons (Fsp3) is 0.625. The summed E-state index contributed by atoms with van der Waals surface area (Å²) in [5.74, 6) is 0.942. The van der Waals surface area contributed by atoms with Crippen molar-refractivity contribution in [1.82, 2.24) is 0 Å². The van der Waals surface area contributed by atoms with E-state index in [1.54, 1.807) is 0 Å². The highest BCUT2D eigenvalue weighted by Crippen LogP contribution is 2.16. The second-order valence-corrected chi connectivity index (χ2v) is 4.79. The highest BCUT2D eigenvalue weighted by atomic mass is 16.5. The van der Waals surface area contributed by atoms with Crippen molar-refractivity contribution in [2.75, 3.05) is 25.1 Å². The molecule has 0 spiro atoms. The van der Waals surface area contributed by atoms with Crippen LogP contribution in [0.25, 0.3) is 0 Å². The highest BCUT2D eigenvalue weighted by Gasteiger charge is 1.95. The Hall–Kier alpha value is -1.22. The summed E-state index contributed by atoms with van der Waals surface area (Å²) in [7, 11) is 0. The Labute approximate surface area is 117 Å². The van der Waals surface area contributed by atoms with Crippen LogP contribution in [0.4, 0.5) is 5.69 Å². The Morgan fingerprint density at radius 1 is 1.00 bits per heavy atom. The number of anilines is 1. The molecule has 108 valence electrons. The van der Waals surface area contributed by atoms with Crippen molar-refractivity contribution < 1.29 is 9.84 Å². The summed E-state index contributed by atoms with van der Waals surface area (Å²) in [4.78, 5) is 0. The van der Waals surface area contributed by atoms with Crippen LogP contribution in [-0.2, 0) is 0 Å². The van der Waals surface area contributed by atoms with Gasteiger partial charge < -0.3 is 15.2 Å². The monoisotopic (exact) mass is 265 g/mol. The van der Waals surface area contributed by atoms with Gasteiger partial charge in [0.15, 0.2) is 0 Å². The molecule has 1 rings (SSSR count). The minimum absolute atomic E-state index is 0.270. The molecule has 0 fully saturated rings. The molecule has 0 amide bonds. The molecule has 0 radical (unpaired) electrons. The number of unbranched alkanes of at least 4 members (excludes halogenated alkanes) is 4. The Morgan fingerprint density at radius 2 is 1.79 bits per heavy atom. The van der Waals surface area contributed by atoms with Crippen molar-refractivity contribution >= 4 is 5.69 Å². The molecular formula is C16H27NO2. The second-order valence-electron chi connectivity index (χ2n) is 4.79. The van der Waals surface area contributed by atoms with Gasteiger partial charge in [0, 0.05) is 18.8 Å². The Bertz CT molecular complexity index is 311. The van der Waals surface area contributed by atoms with Gasteiger partial charge in [-0.15, -0.1) is 0 Å². The van der Waals surface area contributed by atoms with E-state index in [-0.39, 0.29) is 6.61 Å². The first-order valence-electron chi connectivity index (χ1n) is 7.44. The topological polar surface area (TPSA) is 41.5 Å². The van der Waals surface area contributed by atoms with Crippen molar-refractivity contribution in [1.29, 1.82) is 0 Å². The summed E-state index contributed by atoms with van der Waals surface area (Å²) in [6.07, 6.45) is 6.78.